The summed E-state index contributed by atoms with van der Waals surface area (Å²) in [5, 5.41) is 10.9. The van der Waals surface area contributed by atoms with Crippen LogP contribution < -0.4 is 5.73 Å². The van der Waals surface area contributed by atoms with Crippen molar-refractivity contribution in [1.29, 1.82) is 0 Å². The summed E-state index contributed by atoms with van der Waals surface area (Å²) in [6.45, 7) is 3.72. The molecule has 0 atom stereocenters. The standard InChI is InChI=1S/C19H16IN5O/c1-9-16(26)4-3-14(20)17(9)13-8-24-19-12(18(13)21)5-15(25-19)11-6-22-10(2)23-7-11/h3-8,26H,1-2H3,(H3,21,24,25). The van der Waals surface area contributed by atoms with Crippen molar-refractivity contribution >= 4 is 39.3 Å². The number of anilines is 1. The van der Waals surface area contributed by atoms with Gasteiger partial charge in [-0.25, -0.2) is 15.0 Å². The van der Waals surface area contributed by atoms with Crippen molar-refractivity contribution in [2.75, 3.05) is 5.73 Å². The Kier molecular flexibility index (Phi) is 4.03. The summed E-state index contributed by atoms with van der Waals surface area (Å²) in [6.07, 6.45) is 5.28. The third-order valence-electron chi connectivity index (χ3n) is 4.45. The highest BCUT2D eigenvalue weighted by molar-refractivity contribution is 14.1. The Labute approximate surface area is 163 Å². The Morgan fingerprint density at radius 2 is 1.81 bits per heavy atom. The van der Waals surface area contributed by atoms with Crippen LogP contribution in [0.2, 0.25) is 0 Å². The number of aromatic hydroxyl groups is 1. The Bertz CT molecular complexity index is 1140. The topological polar surface area (TPSA) is 101 Å². The number of aromatic amines is 1. The first-order valence-electron chi connectivity index (χ1n) is 8.00. The molecule has 3 heterocycles. The number of nitrogens with one attached hydrogen (secondary N) is 1. The molecule has 0 saturated heterocycles. The number of rotatable bonds is 2. The van der Waals surface area contributed by atoms with E-state index >= 15 is 0 Å². The molecule has 4 aromatic rings. The minimum Gasteiger partial charge on any atom is -0.508 e. The summed E-state index contributed by atoms with van der Waals surface area (Å²) in [4.78, 5) is 16.3. The average molecular weight is 457 g/mol. The summed E-state index contributed by atoms with van der Waals surface area (Å²) in [6, 6.07) is 5.52. The Morgan fingerprint density at radius 1 is 1.08 bits per heavy atom. The van der Waals surface area contributed by atoms with Crippen LogP contribution in [0, 0.1) is 17.4 Å². The average Bonchev–Trinajstić information content (AvgIpc) is 3.06. The van der Waals surface area contributed by atoms with E-state index in [2.05, 4.69) is 42.5 Å². The van der Waals surface area contributed by atoms with Gasteiger partial charge in [-0.15, -0.1) is 0 Å². The van der Waals surface area contributed by atoms with Gasteiger partial charge in [0.2, 0.25) is 0 Å². The molecular formula is C19H16IN5O. The molecular weight excluding hydrogens is 441 g/mol. The van der Waals surface area contributed by atoms with Crippen LogP contribution in [-0.2, 0) is 0 Å². The van der Waals surface area contributed by atoms with Crippen LogP contribution in [0.3, 0.4) is 0 Å². The quantitative estimate of drug-likeness (QED) is 0.392. The van der Waals surface area contributed by atoms with Gasteiger partial charge in [0, 0.05) is 44.2 Å². The van der Waals surface area contributed by atoms with Crippen molar-refractivity contribution in [2.24, 2.45) is 0 Å². The number of nitrogens with two attached hydrogens (primary N) is 1. The largest absolute Gasteiger partial charge is 0.508 e. The van der Waals surface area contributed by atoms with Crippen LogP contribution in [0.4, 0.5) is 5.69 Å². The summed E-state index contributed by atoms with van der Waals surface area (Å²) in [5.74, 6) is 0.963. The highest BCUT2D eigenvalue weighted by Crippen LogP contribution is 2.39. The Morgan fingerprint density at radius 3 is 2.54 bits per heavy atom. The molecule has 3 aromatic heterocycles. The molecule has 26 heavy (non-hydrogen) atoms. The third kappa shape index (κ3) is 2.68. The van der Waals surface area contributed by atoms with Gasteiger partial charge in [-0.2, -0.15) is 0 Å². The van der Waals surface area contributed by atoms with E-state index < -0.39 is 0 Å². The molecule has 4 N–H and O–H groups in total. The molecule has 0 aliphatic heterocycles. The first-order valence-corrected chi connectivity index (χ1v) is 9.08. The summed E-state index contributed by atoms with van der Waals surface area (Å²) < 4.78 is 1.01. The van der Waals surface area contributed by atoms with Crippen molar-refractivity contribution < 1.29 is 5.11 Å². The maximum atomic E-state index is 10.1. The van der Waals surface area contributed by atoms with Crippen LogP contribution in [0.25, 0.3) is 33.4 Å². The van der Waals surface area contributed by atoms with Crippen LogP contribution in [-0.4, -0.2) is 25.0 Å². The second-order valence-electron chi connectivity index (χ2n) is 6.12. The number of phenols is 1. The summed E-state index contributed by atoms with van der Waals surface area (Å²) in [7, 11) is 0. The number of fused-ring (bicyclic) bond motifs is 1. The number of aromatic nitrogens is 4. The number of hydrogen-bond acceptors (Lipinski definition) is 5. The van der Waals surface area contributed by atoms with Gasteiger partial charge in [0.15, 0.2) is 0 Å². The monoisotopic (exact) mass is 457 g/mol. The molecule has 4 rings (SSSR count). The predicted octanol–water partition coefficient (Wildman–Crippen LogP) is 4.20. The van der Waals surface area contributed by atoms with Crippen LogP contribution in [0.5, 0.6) is 5.75 Å². The molecule has 0 fully saturated rings. The number of pyridine rings is 1. The van der Waals surface area contributed by atoms with Gasteiger partial charge in [0.25, 0.3) is 0 Å². The summed E-state index contributed by atoms with van der Waals surface area (Å²) >= 11 is 2.25. The Hall–Kier alpha value is -2.68. The number of nitrogen functional groups attached to an aromatic ring is 1. The molecule has 0 saturated carbocycles. The van der Waals surface area contributed by atoms with E-state index in [9.17, 15) is 5.11 Å². The van der Waals surface area contributed by atoms with E-state index in [1.807, 2.05) is 26.0 Å². The van der Waals surface area contributed by atoms with Gasteiger partial charge < -0.3 is 15.8 Å². The van der Waals surface area contributed by atoms with Gasteiger partial charge in [-0.3, -0.25) is 0 Å². The first kappa shape index (κ1) is 16.8. The van der Waals surface area contributed by atoms with Gasteiger partial charge in [0.1, 0.15) is 17.2 Å². The lowest BCUT2D eigenvalue weighted by Gasteiger charge is -2.13. The van der Waals surface area contributed by atoms with E-state index in [0.29, 0.717) is 11.3 Å². The number of H-pyrrole nitrogens is 1. The number of aryl methyl sites for hydroxylation is 1. The fourth-order valence-electron chi connectivity index (χ4n) is 2.98. The maximum Gasteiger partial charge on any atom is 0.139 e. The van der Waals surface area contributed by atoms with Crippen molar-refractivity contribution in [3.63, 3.8) is 0 Å². The predicted molar refractivity (Wildman–Crippen MR) is 111 cm³/mol. The first-order chi connectivity index (χ1) is 12.5. The molecule has 0 radical (unpaired) electrons. The van der Waals surface area contributed by atoms with E-state index in [0.717, 1.165) is 42.7 Å². The molecule has 130 valence electrons. The zero-order chi connectivity index (χ0) is 18.4. The second kappa shape index (κ2) is 6.24. The smallest absolute Gasteiger partial charge is 0.139 e. The highest BCUT2D eigenvalue weighted by Gasteiger charge is 2.17. The maximum absolute atomic E-state index is 10.1. The number of halogens is 1. The van der Waals surface area contributed by atoms with Crippen molar-refractivity contribution in [3.8, 4) is 28.1 Å². The van der Waals surface area contributed by atoms with E-state index in [-0.39, 0.29) is 5.75 Å². The highest BCUT2D eigenvalue weighted by atomic mass is 127. The second-order valence-corrected chi connectivity index (χ2v) is 7.28. The molecule has 0 aliphatic rings. The number of phenolic OH excluding ortho intramolecular Hbond substituents is 1. The molecule has 7 heteroatoms. The van der Waals surface area contributed by atoms with Gasteiger partial charge in [-0.1, -0.05) is 0 Å². The fraction of sp³-hybridized carbons (Fsp3) is 0.105. The minimum atomic E-state index is 0.242. The molecule has 0 aliphatic carbocycles. The fourth-order valence-corrected chi connectivity index (χ4v) is 3.85. The Balaban J connectivity index is 1.91. The normalized spacial score (nSPS) is 11.2. The molecule has 0 spiro atoms. The lowest BCUT2D eigenvalue weighted by atomic mass is 9.99. The van der Waals surface area contributed by atoms with Crippen LogP contribution in [0.1, 0.15) is 11.4 Å². The molecule has 0 bridgehead atoms. The zero-order valence-electron chi connectivity index (χ0n) is 14.2. The molecule has 6 nitrogen and oxygen atoms in total. The van der Waals surface area contributed by atoms with Crippen molar-refractivity contribution in [2.45, 2.75) is 13.8 Å². The SMILES string of the molecule is Cc1ncc(-c2cc3c(N)c(-c4c(I)ccc(O)c4C)cnc3[nH]2)cn1. The van der Waals surface area contributed by atoms with Crippen LogP contribution in [0.15, 0.2) is 36.8 Å². The van der Waals surface area contributed by atoms with E-state index in [1.54, 1.807) is 24.7 Å². The van der Waals surface area contributed by atoms with Gasteiger partial charge in [-0.05, 0) is 60.2 Å². The van der Waals surface area contributed by atoms with E-state index in [1.165, 1.54) is 0 Å². The lowest BCUT2D eigenvalue weighted by molar-refractivity contribution is 0.471. The number of hydrogen-bond donors (Lipinski definition) is 3. The van der Waals surface area contributed by atoms with E-state index in [4.69, 9.17) is 5.73 Å². The third-order valence-corrected chi connectivity index (χ3v) is 5.35. The van der Waals surface area contributed by atoms with Crippen molar-refractivity contribution in [3.05, 3.63) is 51.7 Å². The summed E-state index contributed by atoms with van der Waals surface area (Å²) in [5.41, 5.74) is 12.0. The van der Waals surface area contributed by atoms with Gasteiger partial charge in [0.05, 0.1) is 11.4 Å². The molecule has 1 aromatic carbocycles. The number of nitrogens with zero attached hydrogens (tertiary/aromatic N) is 3. The lowest BCUT2D eigenvalue weighted by Crippen LogP contribution is -1.96. The molecule has 0 amide bonds. The van der Waals surface area contributed by atoms with Gasteiger partial charge >= 0.3 is 0 Å². The number of benzene rings is 1. The zero-order valence-corrected chi connectivity index (χ0v) is 16.4. The van der Waals surface area contributed by atoms with Crippen molar-refractivity contribution in [1.82, 2.24) is 19.9 Å². The molecule has 0 unspecified atom stereocenters. The van der Waals surface area contributed by atoms with Crippen LogP contribution >= 0.6 is 22.6 Å². The minimum absolute atomic E-state index is 0.242.